The third-order valence-electron chi connectivity index (χ3n) is 4.39. The molecule has 0 bridgehead atoms. The lowest BCUT2D eigenvalue weighted by Crippen LogP contribution is -2.24. The average molecular weight is 360 g/mol. The summed E-state index contributed by atoms with van der Waals surface area (Å²) in [5.74, 6) is 0.0400. The molecule has 0 aliphatic heterocycles. The quantitative estimate of drug-likeness (QED) is 0.612. The molecule has 0 saturated heterocycles. The second-order valence-corrected chi connectivity index (χ2v) is 6.88. The van der Waals surface area contributed by atoms with Gasteiger partial charge in [0.2, 0.25) is 0 Å². The van der Waals surface area contributed by atoms with E-state index in [-0.39, 0.29) is 16.3 Å². The van der Waals surface area contributed by atoms with Gasteiger partial charge >= 0.3 is 0 Å². The zero-order chi connectivity index (χ0) is 15.2. The highest BCUT2D eigenvalue weighted by Crippen LogP contribution is 2.33. The zero-order valence-corrected chi connectivity index (χ0v) is 14.2. The fourth-order valence-corrected chi connectivity index (χ4v) is 3.51. The van der Waals surface area contributed by atoms with Gasteiger partial charge in [0.25, 0.3) is 0 Å². The fraction of sp³-hybridized carbons (Fsp3) is 0.647. The van der Waals surface area contributed by atoms with Crippen molar-refractivity contribution in [2.45, 2.75) is 57.9 Å². The molecule has 4 heteroatoms. The standard InChI is InChI=1S/C17H24BrF2N/c1-2-9-21-17(8-7-12-5-3-4-6-12)13-10-16(20)14(18)11-15(13)19/h10-12,17,21H,2-9H2,1H3. The van der Waals surface area contributed by atoms with Crippen LogP contribution in [0.2, 0.25) is 0 Å². The summed E-state index contributed by atoms with van der Waals surface area (Å²) >= 11 is 3.04. The van der Waals surface area contributed by atoms with Gasteiger partial charge in [-0.2, -0.15) is 0 Å². The molecule has 1 aliphatic rings. The van der Waals surface area contributed by atoms with Crippen LogP contribution in [0.5, 0.6) is 0 Å². The molecule has 1 saturated carbocycles. The van der Waals surface area contributed by atoms with Crippen molar-refractivity contribution < 1.29 is 8.78 Å². The largest absolute Gasteiger partial charge is 0.310 e. The monoisotopic (exact) mass is 359 g/mol. The summed E-state index contributed by atoms with van der Waals surface area (Å²) < 4.78 is 28.1. The van der Waals surface area contributed by atoms with E-state index < -0.39 is 5.82 Å². The summed E-state index contributed by atoms with van der Waals surface area (Å²) in [5, 5.41) is 3.38. The molecule has 1 nitrogen and oxygen atoms in total. The summed E-state index contributed by atoms with van der Waals surface area (Å²) in [6, 6.07) is 2.48. The number of hydrogen-bond acceptors (Lipinski definition) is 1. The van der Waals surface area contributed by atoms with Gasteiger partial charge in [0.1, 0.15) is 11.6 Å². The van der Waals surface area contributed by atoms with Crippen molar-refractivity contribution in [1.82, 2.24) is 5.32 Å². The lowest BCUT2D eigenvalue weighted by Gasteiger charge is -2.21. The minimum absolute atomic E-state index is 0.0897. The molecule has 0 heterocycles. The third-order valence-corrected chi connectivity index (χ3v) is 5.00. The van der Waals surface area contributed by atoms with Gasteiger partial charge in [0.15, 0.2) is 0 Å². The minimum Gasteiger partial charge on any atom is -0.310 e. The van der Waals surface area contributed by atoms with Crippen LogP contribution in [0.4, 0.5) is 8.78 Å². The van der Waals surface area contributed by atoms with Gasteiger partial charge in [-0.05, 0) is 59.8 Å². The smallest absolute Gasteiger partial charge is 0.137 e. The second-order valence-electron chi connectivity index (χ2n) is 6.02. The Labute approximate surface area is 134 Å². The molecule has 1 unspecified atom stereocenters. The van der Waals surface area contributed by atoms with Gasteiger partial charge in [-0.15, -0.1) is 0 Å². The first-order valence-corrected chi connectivity index (χ1v) is 8.79. The third kappa shape index (κ3) is 4.75. The Kier molecular flexibility index (Phi) is 6.62. The molecule has 0 spiro atoms. The van der Waals surface area contributed by atoms with E-state index in [0.29, 0.717) is 5.56 Å². The van der Waals surface area contributed by atoms with Crippen LogP contribution in [0.25, 0.3) is 0 Å². The summed E-state index contributed by atoms with van der Waals surface area (Å²) in [5.41, 5.74) is 0.460. The number of nitrogens with one attached hydrogen (secondary N) is 1. The molecule has 1 fully saturated rings. The van der Waals surface area contributed by atoms with Gasteiger partial charge in [-0.1, -0.05) is 32.6 Å². The van der Waals surface area contributed by atoms with Crippen molar-refractivity contribution in [2.24, 2.45) is 5.92 Å². The lowest BCUT2D eigenvalue weighted by atomic mass is 9.94. The summed E-state index contributed by atoms with van der Waals surface area (Å²) in [6.45, 7) is 2.91. The maximum atomic E-state index is 14.2. The van der Waals surface area contributed by atoms with E-state index in [9.17, 15) is 8.78 Å². The van der Waals surface area contributed by atoms with Crippen LogP contribution < -0.4 is 5.32 Å². The van der Waals surface area contributed by atoms with Crippen LogP contribution in [0, 0.1) is 17.6 Å². The molecular formula is C17H24BrF2N. The molecule has 1 atom stereocenters. The van der Waals surface area contributed by atoms with Gasteiger partial charge in [0, 0.05) is 11.6 Å². The van der Waals surface area contributed by atoms with Gasteiger partial charge in [0.05, 0.1) is 4.47 Å². The Morgan fingerprint density at radius 1 is 1.24 bits per heavy atom. The highest BCUT2D eigenvalue weighted by atomic mass is 79.9. The maximum absolute atomic E-state index is 14.2. The first-order valence-electron chi connectivity index (χ1n) is 7.99. The van der Waals surface area contributed by atoms with Gasteiger partial charge in [-0.25, -0.2) is 8.78 Å². The Hall–Kier alpha value is -0.480. The molecular weight excluding hydrogens is 336 g/mol. The average Bonchev–Trinajstić information content (AvgIpc) is 2.97. The molecule has 0 aromatic heterocycles. The summed E-state index contributed by atoms with van der Waals surface area (Å²) in [4.78, 5) is 0. The Balaban J connectivity index is 2.08. The first-order chi connectivity index (χ1) is 10.1. The molecule has 0 radical (unpaired) electrons. The maximum Gasteiger partial charge on any atom is 0.137 e. The van der Waals surface area contributed by atoms with E-state index in [0.717, 1.165) is 31.7 Å². The highest BCUT2D eigenvalue weighted by Gasteiger charge is 2.21. The Bertz CT molecular complexity index is 458. The molecule has 1 N–H and O–H groups in total. The molecule has 1 aromatic carbocycles. The Morgan fingerprint density at radius 3 is 2.62 bits per heavy atom. The summed E-state index contributed by atoms with van der Waals surface area (Å²) in [6.07, 6.45) is 8.18. The Morgan fingerprint density at radius 2 is 1.95 bits per heavy atom. The molecule has 0 amide bonds. The van der Waals surface area contributed by atoms with E-state index in [2.05, 4.69) is 28.2 Å². The number of hydrogen-bond donors (Lipinski definition) is 1. The van der Waals surface area contributed by atoms with Crippen LogP contribution in [0.1, 0.15) is 63.5 Å². The van der Waals surface area contributed by atoms with Crippen LogP contribution >= 0.6 is 15.9 Å². The summed E-state index contributed by atoms with van der Waals surface area (Å²) in [7, 11) is 0. The SMILES string of the molecule is CCCNC(CCC1CCCC1)c1cc(F)c(Br)cc1F. The molecule has 21 heavy (non-hydrogen) atoms. The van der Waals surface area contributed by atoms with Crippen molar-refractivity contribution >= 4 is 15.9 Å². The highest BCUT2D eigenvalue weighted by molar-refractivity contribution is 9.10. The molecule has 1 aliphatic carbocycles. The van der Waals surface area contributed by atoms with Crippen molar-refractivity contribution in [2.75, 3.05) is 6.54 Å². The van der Waals surface area contributed by atoms with Crippen LogP contribution in [0.3, 0.4) is 0 Å². The number of halogens is 3. The van der Waals surface area contributed by atoms with Crippen molar-refractivity contribution in [3.8, 4) is 0 Å². The van der Waals surface area contributed by atoms with Crippen molar-refractivity contribution in [3.05, 3.63) is 33.8 Å². The topological polar surface area (TPSA) is 12.0 Å². The minimum atomic E-state index is -0.393. The van der Waals surface area contributed by atoms with Crippen LogP contribution in [0.15, 0.2) is 16.6 Å². The number of benzene rings is 1. The predicted octanol–water partition coefficient (Wildman–Crippen LogP) is 5.74. The normalized spacial score (nSPS) is 17.3. The van der Waals surface area contributed by atoms with Gasteiger partial charge < -0.3 is 5.32 Å². The van der Waals surface area contributed by atoms with Crippen LogP contribution in [-0.2, 0) is 0 Å². The molecule has 1 aromatic rings. The van der Waals surface area contributed by atoms with Crippen molar-refractivity contribution in [3.63, 3.8) is 0 Å². The van der Waals surface area contributed by atoms with Gasteiger partial charge in [-0.3, -0.25) is 0 Å². The molecule has 118 valence electrons. The van der Waals surface area contributed by atoms with E-state index in [4.69, 9.17) is 0 Å². The molecule has 2 rings (SSSR count). The lowest BCUT2D eigenvalue weighted by molar-refractivity contribution is 0.401. The zero-order valence-electron chi connectivity index (χ0n) is 12.6. The number of rotatable bonds is 7. The predicted molar refractivity (Wildman–Crippen MR) is 86.3 cm³/mol. The van der Waals surface area contributed by atoms with E-state index in [1.807, 2.05) is 0 Å². The van der Waals surface area contributed by atoms with E-state index >= 15 is 0 Å². The second kappa shape index (κ2) is 8.23. The first kappa shape index (κ1) is 16.9. The van der Waals surface area contributed by atoms with E-state index in [1.165, 1.54) is 37.8 Å². The fourth-order valence-electron chi connectivity index (χ4n) is 3.19. The van der Waals surface area contributed by atoms with E-state index in [1.54, 1.807) is 0 Å². The van der Waals surface area contributed by atoms with Crippen molar-refractivity contribution in [1.29, 1.82) is 0 Å². The van der Waals surface area contributed by atoms with Crippen LogP contribution in [-0.4, -0.2) is 6.54 Å².